The van der Waals surface area contributed by atoms with Gasteiger partial charge in [0.15, 0.2) is 0 Å². The minimum atomic E-state index is -1.00. The second kappa shape index (κ2) is 7.07. The average molecular weight is 235 g/mol. The van der Waals surface area contributed by atoms with Crippen LogP contribution in [-0.4, -0.2) is 5.97 Å². The van der Waals surface area contributed by atoms with Crippen LogP contribution in [0.25, 0.3) is 0 Å². The summed E-state index contributed by atoms with van der Waals surface area (Å²) >= 11 is 0. The number of quaternary nitrogens is 1. The molecule has 0 aliphatic rings. The van der Waals surface area contributed by atoms with Crippen LogP contribution in [0.1, 0.15) is 49.8 Å². The highest BCUT2D eigenvalue weighted by molar-refractivity contribution is 5.64. The average Bonchev–Trinajstić information content (AvgIpc) is 2.34. The molecule has 17 heavy (non-hydrogen) atoms. The molecule has 1 rings (SSSR count). The first-order valence-electron chi connectivity index (χ1n) is 6.25. The van der Waals surface area contributed by atoms with Crippen molar-refractivity contribution in [1.82, 2.24) is 0 Å². The Morgan fingerprint density at radius 2 is 2.00 bits per heavy atom. The molecule has 0 fully saturated rings. The number of carboxylic acid groups (broad SMARTS) is 1. The first-order valence-corrected chi connectivity index (χ1v) is 6.25. The minimum Gasteiger partial charge on any atom is -0.550 e. The van der Waals surface area contributed by atoms with E-state index in [1.54, 1.807) is 0 Å². The summed E-state index contributed by atoms with van der Waals surface area (Å²) in [6, 6.07) is 8.37. The number of carboxylic acids is 1. The zero-order chi connectivity index (χ0) is 12.7. The molecule has 0 heterocycles. The van der Waals surface area contributed by atoms with Crippen molar-refractivity contribution in [2.45, 2.75) is 45.1 Å². The summed E-state index contributed by atoms with van der Waals surface area (Å²) < 4.78 is 0. The van der Waals surface area contributed by atoms with Gasteiger partial charge in [-0.3, -0.25) is 0 Å². The third-order valence-electron chi connectivity index (χ3n) is 2.97. The van der Waals surface area contributed by atoms with Gasteiger partial charge in [0.25, 0.3) is 0 Å². The lowest BCUT2D eigenvalue weighted by Gasteiger charge is -2.10. The Morgan fingerprint density at radius 3 is 2.53 bits per heavy atom. The van der Waals surface area contributed by atoms with Gasteiger partial charge in [0, 0.05) is 18.0 Å². The van der Waals surface area contributed by atoms with Crippen LogP contribution in [0.4, 0.5) is 0 Å². The van der Waals surface area contributed by atoms with Gasteiger partial charge in [0.05, 0.1) is 0 Å². The van der Waals surface area contributed by atoms with Crippen molar-refractivity contribution in [3.05, 3.63) is 35.4 Å². The second-order valence-electron chi connectivity index (χ2n) is 4.45. The summed E-state index contributed by atoms with van der Waals surface area (Å²) in [6.45, 7) is 2.18. The number of hydrogen-bond donors (Lipinski definition) is 1. The molecule has 0 bridgehead atoms. The predicted molar refractivity (Wildman–Crippen MR) is 64.9 cm³/mol. The number of carbonyl (C=O) groups excluding carboxylic acids is 1. The minimum absolute atomic E-state index is 0.0353. The molecule has 0 saturated carbocycles. The van der Waals surface area contributed by atoms with Crippen molar-refractivity contribution in [2.24, 2.45) is 0 Å². The van der Waals surface area contributed by atoms with E-state index in [-0.39, 0.29) is 12.5 Å². The van der Waals surface area contributed by atoms with Crippen LogP contribution in [0.5, 0.6) is 0 Å². The largest absolute Gasteiger partial charge is 0.550 e. The SMILES string of the molecule is CCCCc1ccc([C@@H]([NH3+])CCC(=O)[O-])cc1. The molecule has 0 saturated heterocycles. The fraction of sp³-hybridized carbons (Fsp3) is 0.500. The Hall–Kier alpha value is -1.35. The van der Waals surface area contributed by atoms with Gasteiger partial charge in [0.1, 0.15) is 6.04 Å². The maximum atomic E-state index is 10.4. The lowest BCUT2D eigenvalue weighted by molar-refractivity contribution is -0.428. The fourth-order valence-corrected chi connectivity index (χ4v) is 1.80. The van der Waals surface area contributed by atoms with Crippen LogP contribution in [0.3, 0.4) is 0 Å². The molecule has 0 aliphatic heterocycles. The monoisotopic (exact) mass is 235 g/mol. The summed E-state index contributed by atoms with van der Waals surface area (Å²) in [4.78, 5) is 10.4. The van der Waals surface area contributed by atoms with E-state index in [4.69, 9.17) is 0 Å². The zero-order valence-corrected chi connectivity index (χ0v) is 10.4. The van der Waals surface area contributed by atoms with Gasteiger partial charge >= 0.3 is 0 Å². The van der Waals surface area contributed by atoms with Gasteiger partial charge in [-0.1, -0.05) is 37.6 Å². The quantitative estimate of drug-likeness (QED) is 0.761. The second-order valence-corrected chi connectivity index (χ2v) is 4.45. The lowest BCUT2D eigenvalue weighted by Crippen LogP contribution is -2.53. The Morgan fingerprint density at radius 1 is 1.35 bits per heavy atom. The molecule has 94 valence electrons. The van der Waals surface area contributed by atoms with Gasteiger partial charge in [0.2, 0.25) is 0 Å². The van der Waals surface area contributed by atoms with E-state index < -0.39 is 5.97 Å². The smallest absolute Gasteiger partial charge is 0.110 e. The number of benzene rings is 1. The van der Waals surface area contributed by atoms with E-state index in [9.17, 15) is 9.90 Å². The van der Waals surface area contributed by atoms with Crippen LogP contribution < -0.4 is 10.8 Å². The molecule has 0 spiro atoms. The number of aryl methyl sites for hydroxylation is 1. The number of rotatable bonds is 7. The Labute approximate surface area is 103 Å². The molecule has 0 radical (unpaired) electrons. The van der Waals surface area contributed by atoms with E-state index >= 15 is 0 Å². The van der Waals surface area contributed by atoms with E-state index in [1.165, 1.54) is 18.4 Å². The molecule has 1 aromatic rings. The van der Waals surface area contributed by atoms with E-state index in [2.05, 4.69) is 36.9 Å². The molecule has 0 amide bonds. The standard InChI is InChI=1S/C14H21NO2/c1-2-3-4-11-5-7-12(8-6-11)13(15)9-10-14(16)17/h5-8,13H,2-4,9-10,15H2,1H3,(H,16,17)/t13-/m0/s1. The summed E-state index contributed by atoms with van der Waals surface area (Å²) in [5, 5.41) is 10.4. The van der Waals surface area contributed by atoms with Crippen molar-refractivity contribution in [3.63, 3.8) is 0 Å². The summed E-state index contributed by atoms with van der Waals surface area (Å²) in [5.41, 5.74) is 6.42. The van der Waals surface area contributed by atoms with Crippen molar-refractivity contribution in [2.75, 3.05) is 0 Å². The first kappa shape index (κ1) is 13.7. The zero-order valence-electron chi connectivity index (χ0n) is 10.4. The normalized spacial score (nSPS) is 12.4. The van der Waals surface area contributed by atoms with E-state index in [0.717, 1.165) is 12.0 Å². The molecule has 0 aromatic heterocycles. The summed E-state index contributed by atoms with van der Waals surface area (Å²) in [6.07, 6.45) is 4.13. The van der Waals surface area contributed by atoms with Crippen molar-refractivity contribution < 1.29 is 15.6 Å². The Balaban J connectivity index is 2.51. The van der Waals surface area contributed by atoms with Crippen LogP contribution in [0.15, 0.2) is 24.3 Å². The maximum Gasteiger partial charge on any atom is 0.110 e. The summed E-state index contributed by atoms with van der Waals surface area (Å²) in [7, 11) is 0. The van der Waals surface area contributed by atoms with E-state index in [1.807, 2.05) is 0 Å². The maximum absolute atomic E-state index is 10.4. The molecule has 3 N–H and O–H groups in total. The first-order chi connectivity index (χ1) is 8.13. The molecule has 3 nitrogen and oxygen atoms in total. The fourth-order valence-electron chi connectivity index (χ4n) is 1.80. The van der Waals surface area contributed by atoms with Gasteiger partial charge in [-0.2, -0.15) is 0 Å². The number of unbranched alkanes of at least 4 members (excludes halogenated alkanes) is 1. The molecule has 1 atom stereocenters. The predicted octanol–water partition coefficient (Wildman–Crippen LogP) is 0.842. The molecular weight excluding hydrogens is 214 g/mol. The van der Waals surface area contributed by atoms with Crippen LogP contribution in [0.2, 0.25) is 0 Å². The molecule has 0 unspecified atom stereocenters. The Bertz CT molecular complexity index is 346. The topological polar surface area (TPSA) is 67.8 Å². The number of hydrogen-bond acceptors (Lipinski definition) is 2. The van der Waals surface area contributed by atoms with Gasteiger partial charge in [-0.05, 0) is 24.8 Å². The highest BCUT2D eigenvalue weighted by atomic mass is 16.4. The van der Waals surface area contributed by atoms with Gasteiger partial charge in [-0.25, -0.2) is 0 Å². The van der Waals surface area contributed by atoms with Crippen LogP contribution in [-0.2, 0) is 11.2 Å². The van der Waals surface area contributed by atoms with Crippen LogP contribution >= 0.6 is 0 Å². The number of aliphatic carboxylic acids is 1. The van der Waals surface area contributed by atoms with Crippen LogP contribution in [0, 0.1) is 0 Å². The number of carbonyl (C=O) groups is 1. The van der Waals surface area contributed by atoms with E-state index in [0.29, 0.717) is 6.42 Å². The molecule has 3 heteroatoms. The molecule has 0 aliphatic carbocycles. The van der Waals surface area contributed by atoms with Crippen molar-refractivity contribution >= 4 is 5.97 Å². The third kappa shape index (κ3) is 5.00. The molecular formula is C14H21NO2. The van der Waals surface area contributed by atoms with Gasteiger partial charge < -0.3 is 15.6 Å². The highest BCUT2D eigenvalue weighted by Crippen LogP contribution is 2.15. The summed E-state index contributed by atoms with van der Waals surface area (Å²) in [5.74, 6) is -1.00. The molecule has 1 aromatic carbocycles. The van der Waals surface area contributed by atoms with Gasteiger partial charge in [-0.15, -0.1) is 0 Å². The highest BCUT2D eigenvalue weighted by Gasteiger charge is 2.09. The van der Waals surface area contributed by atoms with Crippen molar-refractivity contribution in [3.8, 4) is 0 Å². The van der Waals surface area contributed by atoms with Crippen molar-refractivity contribution in [1.29, 1.82) is 0 Å². The third-order valence-corrected chi connectivity index (χ3v) is 2.97. The Kier molecular flexibility index (Phi) is 5.70. The lowest BCUT2D eigenvalue weighted by atomic mass is 10.00.